The maximum absolute atomic E-state index is 10.5. The molecule has 0 aliphatic rings. The van der Waals surface area contributed by atoms with Crippen LogP contribution in [0.25, 0.3) is 11.1 Å². The van der Waals surface area contributed by atoms with Gasteiger partial charge in [-0.3, -0.25) is 0 Å². The molecular weight excluding hydrogens is 390 g/mol. The molecule has 3 rings (SSSR count). The molecular formula is C26H27NO4. The first-order valence-electron chi connectivity index (χ1n) is 10.1. The fourth-order valence-electron chi connectivity index (χ4n) is 3.02. The number of carbonyl (C=O) groups is 1. The standard InChI is InChI=1S/C26H27NO4/c1-26(2,3)23-12-10-19(11-13-23)17-30-24-9-5-8-22(15-24)21-7-4-6-20(14-21)16-27-31-18-25(28)29/h4-16H,17-18H2,1-3H3,(H,28,29)/b27-16+. The molecule has 0 unspecified atom stereocenters. The second-order valence-corrected chi connectivity index (χ2v) is 8.29. The summed E-state index contributed by atoms with van der Waals surface area (Å²) in [5, 5.41) is 12.3. The van der Waals surface area contributed by atoms with E-state index in [0.717, 1.165) is 28.0 Å². The molecule has 0 saturated carbocycles. The van der Waals surface area contributed by atoms with Gasteiger partial charge in [0.05, 0.1) is 6.21 Å². The highest BCUT2D eigenvalue weighted by Crippen LogP contribution is 2.26. The van der Waals surface area contributed by atoms with Crippen LogP contribution in [0.1, 0.15) is 37.5 Å². The summed E-state index contributed by atoms with van der Waals surface area (Å²) < 4.78 is 6.01. The largest absolute Gasteiger partial charge is 0.489 e. The van der Waals surface area contributed by atoms with Crippen molar-refractivity contribution in [3.05, 3.63) is 89.5 Å². The minimum absolute atomic E-state index is 0.134. The molecule has 0 heterocycles. The molecule has 0 atom stereocenters. The number of carboxylic acids is 1. The van der Waals surface area contributed by atoms with Crippen LogP contribution in [0.5, 0.6) is 5.75 Å². The van der Waals surface area contributed by atoms with E-state index in [1.807, 2.05) is 48.5 Å². The van der Waals surface area contributed by atoms with Gasteiger partial charge in [-0.15, -0.1) is 0 Å². The lowest BCUT2D eigenvalue weighted by Crippen LogP contribution is -2.10. The van der Waals surface area contributed by atoms with Crippen LogP contribution in [0.15, 0.2) is 78.0 Å². The lowest BCUT2D eigenvalue weighted by molar-refractivity contribution is -0.142. The number of nitrogens with zero attached hydrogens (tertiary/aromatic N) is 1. The van der Waals surface area contributed by atoms with Crippen molar-refractivity contribution in [2.45, 2.75) is 32.8 Å². The zero-order valence-electron chi connectivity index (χ0n) is 18.0. The number of hydrogen-bond acceptors (Lipinski definition) is 4. The highest BCUT2D eigenvalue weighted by Gasteiger charge is 2.12. The van der Waals surface area contributed by atoms with Gasteiger partial charge in [0.1, 0.15) is 12.4 Å². The zero-order valence-corrected chi connectivity index (χ0v) is 18.0. The monoisotopic (exact) mass is 417 g/mol. The Kier molecular flexibility index (Phi) is 7.08. The third-order valence-electron chi connectivity index (χ3n) is 4.74. The first kappa shape index (κ1) is 22.1. The first-order valence-corrected chi connectivity index (χ1v) is 10.1. The molecule has 0 bridgehead atoms. The number of ether oxygens (including phenoxy) is 1. The Morgan fingerprint density at radius 1 is 0.968 bits per heavy atom. The Morgan fingerprint density at radius 2 is 1.65 bits per heavy atom. The predicted octanol–water partition coefficient (Wildman–Crippen LogP) is 5.67. The van der Waals surface area contributed by atoms with E-state index in [1.54, 1.807) is 0 Å². The number of rotatable bonds is 8. The predicted molar refractivity (Wildman–Crippen MR) is 123 cm³/mol. The summed E-state index contributed by atoms with van der Waals surface area (Å²) in [6.45, 7) is 6.64. The Bertz CT molecular complexity index is 1050. The highest BCUT2D eigenvalue weighted by atomic mass is 16.6. The van der Waals surface area contributed by atoms with Crippen molar-refractivity contribution in [1.29, 1.82) is 0 Å². The number of hydrogen-bond donors (Lipinski definition) is 1. The Morgan fingerprint density at radius 3 is 2.32 bits per heavy atom. The summed E-state index contributed by atoms with van der Waals surface area (Å²) in [6.07, 6.45) is 1.49. The van der Waals surface area contributed by atoms with Crippen LogP contribution in [-0.4, -0.2) is 23.9 Å². The fourth-order valence-corrected chi connectivity index (χ4v) is 3.02. The van der Waals surface area contributed by atoms with Gasteiger partial charge in [0.15, 0.2) is 0 Å². The van der Waals surface area contributed by atoms with Crippen molar-refractivity contribution >= 4 is 12.2 Å². The molecule has 0 radical (unpaired) electrons. The van der Waals surface area contributed by atoms with Gasteiger partial charge in [-0.2, -0.15) is 0 Å². The van der Waals surface area contributed by atoms with E-state index in [-0.39, 0.29) is 5.41 Å². The third kappa shape index (κ3) is 6.71. The van der Waals surface area contributed by atoms with Crippen LogP contribution in [0.4, 0.5) is 0 Å². The summed E-state index contributed by atoms with van der Waals surface area (Å²) in [6, 6.07) is 24.2. The van der Waals surface area contributed by atoms with Gasteiger partial charge in [0, 0.05) is 0 Å². The summed E-state index contributed by atoms with van der Waals surface area (Å²) in [4.78, 5) is 15.2. The van der Waals surface area contributed by atoms with Crippen LogP contribution in [-0.2, 0) is 21.7 Å². The molecule has 0 amide bonds. The minimum Gasteiger partial charge on any atom is -0.489 e. The van der Waals surface area contributed by atoms with Crippen molar-refractivity contribution in [2.75, 3.05) is 6.61 Å². The molecule has 160 valence electrons. The molecule has 0 fully saturated rings. The van der Waals surface area contributed by atoms with Gasteiger partial charge in [-0.1, -0.05) is 80.5 Å². The van der Waals surface area contributed by atoms with E-state index < -0.39 is 12.6 Å². The van der Waals surface area contributed by atoms with Gasteiger partial charge in [0.2, 0.25) is 6.61 Å². The number of benzene rings is 3. The van der Waals surface area contributed by atoms with Gasteiger partial charge in [-0.05, 0) is 51.4 Å². The zero-order chi connectivity index (χ0) is 22.3. The number of aliphatic carboxylic acids is 1. The van der Waals surface area contributed by atoms with Crippen LogP contribution < -0.4 is 4.74 Å². The summed E-state index contributed by atoms with van der Waals surface area (Å²) in [7, 11) is 0. The Labute approximate surface area is 182 Å². The average Bonchev–Trinajstić information content (AvgIpc) is 2.75. The van der Waals surface area contributed by atoms with E-state index in [0.29, 0.717) is 6.61 Å². The van der Waals surface area contributed by atoms with Crippen molar-refractivity contribution in [1.82, 2.24) is 0 Å². The minimum atomic E-state index is -1.06. The van der Waals surface area contributed by atoms with Crippen LogP contribution in [0, 0.1) is 0 Å². The van der Waals surface area contributed by atoms with Gasteiger partial charge < -0.3 is 14.7 Å². The molecule has 1 N–H and O–H groups in total. The van der Waals surface area contributed by atoms with E-state index >= 15 is 0 Å². The van der Waals surface area contributed by atoms with Gasteiger partial charge in [-0.25, -0.2) is 4.79 Å². The van der Waals surface area contributed by atoms with E-state index in [4.69, 9.17) is 14.7 Å². The van der Waals surface area contributed by atoms with Crippen LogP contribution >= 0.6 is 0 Å². The summed E-state index contributed by atoms with van der Waals surface area (Å²) >= 11 is 0. The van der Waals surface area contributed by atoms with Gasteiger partial charge in [0.25, 0.3) is 0 Å². The molecule has 0 spiro atoms. The van der Waals surface area contributed by atoms with Crippen molar-refractivity contribution in [3.8, 4) is 16.9 Å². The lowest BCUT2D eigenvalue weighted by atomic mass is 9.87. The second-order valence-electron chi connectivity index (χ2n) is 8.29. The SMILES string of the molecule is CC(C)(C)c1ccc(COc2cccc(-c3cccc(/C=N/OCC(=O)O)c3)c2)cc1. The molecule has 0 saturated heterocycles. The van der Waals surface area contributed by atoms with Crippen LogP contribution in [0.2, 0.25) is 0 Å². The van der Waals surface area contributed by atoms with Crippen molar-refractivity contribution < 1.29 is 19.5 Å². The normalized spacial score (nSPS) is 11.5. The summed E-state index contributed by atoms with van der Waals surface area (Å²) in [5.74, 6) is -0.269. The average molecular weight is 418 g/mol. The topological polar surface area (TPSA) is 68.1 Å². The van der Waals surface area contributed by atoms with E-state index in [1.165, 1.54) is 11.8 Å². The molecule has 0 aliphatic carbocycles. The molecule has 0 aromatic heterocycles. The first-order chi connectivity index (χ1) is 14.8. The molecule has 5 nitrogen and oxygen atoms in total. The molecule has 0 aliphatic heterocycles. The fraction of sp³-hybridized carbons (Fsp3) is 0.231. The lowest BCUT2D eigenvalue weighted by Gasteiger charge is -2.19. The smallest absolute Gasteiger partial charge is 0.344 e. The number of oxime groups is 1. The Balaban J connectivity index is 1.66. The van der Waals surface area contributed by atoms with Crippen molar-refractivity contribution in [3.63, 3.8) is 0 Å². The number of carboxylic acid groups (broad SMARTS) is 1. The quantitative estimate of drug-likeness (QED) is 0.379. The van der Waals surface area contributed by atoms with Crippen LogP contribution in [0.3, 0.4) is 0 Å². The maximum Gasteiger partial charge on any atom is 0.344 e. The highest BCUT2D eigenvalue weighted by molar-refractivity contribution is 5.82. The van der Waals surface area contributed by atoms with E-state index in [2.05, 4.69) is 50.2 Å². The molecule has 31 heavy (non-hydrogen) atoms. The Hall–Kier alpha value is -3.60. The van der Waals surface area contributed by atoms with Crippen molar-refractivity contribution in [2.24, 2.45) is 5.16 Å². The van der Waals surface area contributed by atoms with Gasteiger partial charge >= 0.3 is 5.97 Å². The third-order valence-corrected chi connectivity index (χ3v) is 4.74. The maximum atomic E-state index is 10.5. The molecule has 3 aromatic rings. The summed E-state index contributed by atoms with van der Waals surface area (Å²) in [5.41, 5.74) is 5.39. The molecule has 5 heteroatoms. The second kappa shape index (κ2) is 9.94. The molecule has 3 aromatic carbocycles. The van der Waals surface area contributed by atoms with E-state index in [9.17, 15) is 4.79 Å².